The topological polar surface area (TPSA) is 46.5 Å². The molecule has 0 saturated carbocycles. The van der Waals surface area contributed by atoms with Gasteiger partial charge >= 0.3 is 12.1 Å². The maximum atomic E-state index is 11.7. The Labute approximate surface area is 79.2 Å². The van der Waals surface area contributed by atoms with Crippen LogP contribution in [-0.2, 0) is 9.53 Å². The third kappa shape index (κ3) is 5.58. The largest absolute Gasteiger partial charge is 0.463 e. The van der Waals surface area contributed by atoms with Crippen LogP contribution in [0.25, 0.3) is 0 Å². The molecule has 0 saturated heterocycles. The molecule has 0 aromatic heterocycles. The van der Waals surface area contributed by atoms with Crippen molar-refractivity contribution in [3.05, 3.63) is 12.7 Å². The molecule has 0 heterocycles. The highest BCUT2D eigenvalue weighted by Crippen LogP contribution is 2.22. The number of alkyl halides is 3. The van der Waals surface area contributed by atoms with Gasteiger partial charge in [-0.25, -0.2) is 4.79 Å². The number of rotatable bonds is 5. The second kappa shape index (κ2) is 5.64. The number of aliphatic hydroxyl groups is 1. The van der Waals surface area contributed by atoms with Crippen LogP contribution in [0.3, 0.4) is 0 Å². The highest BCUT2D eigenvalue weighted by molar-refractivity contribution is 5.81. The van der Waals surface area contributed by atoms with E-state index in [2.05, 4.69) is 11.3 Å². The molecule has 0 aliphatic carbocycles. The zero-order valence-corrected chi connectivity index (χ0v) is 7.38. The van der Waals surface area contributed by atoms with Gasteiger partial charge in [0, 0.05) is 6.08 Å². The number of ether oxygens (including phenoxy) is 1. The summed E-state index contributed by atoms with van der Waals surface area (Å²) in [7, 11) is 0. The zero-order valence-electron chi connectivity index (χ0n) is 7.38. The Hall–Kier alpha value is -1.04. The van der Waals surface area contributed by atoms with Gasteiger partial charge in [-0.05, 0) is 12.8 Å². The Morgan fingerprint density at radius 1 is 1.57 bits per heavy atom. The van der Waals surface area contributed by atoms with Crippen molar-refractivity contribution in [1.29, 1.82) is 0 Å². The van der Waals surface area contributed by atoms with Gasteiger partial charge in [0.1, 0.15) is 6.10 Å². The fourth-order valence-electron chi connectivity index (χ4n) is 0.672. The van der Waals surface area contributed by atoms with Crippen molar-refractivity contribution >= 4 is 5.97 Å². The van der Waals surface area contributed by atoms with Gasteiger partial charge in [0.2, 0.25) is 0 Å². The summed E-state index contributed by atoms with van der Waals surface area (Å²) in [5, 5.41) is 8.52. The molecule has 0 aliphatic heterocycles. The lowest BCUT2D eigenvalue weighted by Gasteiger charge is -2.13. The molecule has 82 valence electrons. The number of hydrogen-bond donors (Lipinski definition) is 1. The molecule has 1 atom stereocenters. The van der Waals surface area contributed by atoms with Gasteiger partial charge in [-0.15, -0.1) is 0 Å². The van der Waals surface area contributed by atoms with Gasteiger partial charge in [-0.1, -0.05) is 6.58 Å². The molecule has 0 fully saturated rings. The maximum absolute atomic E-state index is 11.7. The van der Waals surface area contributed by atoms with Gasteiger partial charge in [-0.3, -0.25) is 0 Å². The summed E-state index contributed by atoms with van der Waals surface area (Å²) in [6.07, 6.45) is -6.57. The number of halogens is 3. The van der Waals surface area contributed by atoms with E-state index in [4.69, 9.17) is 5.11 Å². The second-order valence-electron chi connectivity index (χ2n) is 2.57. The summed E-state index contributed by atoms with van der Waals surface area (Å²) in [5.41, 5.74) is 0. The molecule has 6 heteroatoms. The zero-order chi connectivity index (χ0) is 11.2. The van der Waals surface area contributed by atoms with Crippen LogP contribution >= 0.6 is 0 Å². The first-order chi connectivity index (χ1) is 6.38. The van der Waals surface area contributed by atoms with Crippen molar-refractivity contribution in [3.8, 4) is 0 Å². The summed E-state index contributed by atoms with van der Waals surface area (Å²) < 4.78 is 39.6. The molecule has 0 aromatic carbocycles. The van der Waals surface area contributed by atoms with Crippen molar-refractivity contribution < 1.29 is 27.8 Å². The molecule has 0 rings (SSSR count). The van der Waals surface area contributed by atoms with E-state index in [0.29, 0.717) is 0 Å². The van der Waals surface area contributed by atoms with E-state index >= 15 is 0 Å². The van der Waals surface area contributed by atoms with E-state index < -0.39 is 24.7 Å². The van der Waals surface area contributed by atoms with Gasteiger partial charge in [0.15, 0.2) is 0 Å². The minimum absolute atomic E-state index is 0.0414. The Bertz CT molecular complexity index is 200. The molecule has 14 heavy (non-hydrogen) atoms. The van der Waals surface area contributed by atoms with Crippen molar-refractivity contribution in [3.63, 3.8) is 0 Å². The molecule has 0 amide bonds. The van der Waals surface area contributed by atoms with Crippen LogP contribution in [0.4, 0.5) is 13.2 Å². The average Bonchev–Trinajstić information content (AvgIpc) is 2.09. The van der Waals surface area contributed by atoms with Gasteiger partial charge in [0.05, 0.1) is 6.61 Å². The van der Waals surface area contributed by atoms with Crippen molar-refractivity contribution in [1.82, 2.24) is 0 Å². The molecule has 3 nitrogen and oxygen atoms in total. The van der Waals surface area contributed by atoms with E-state index in [0.717, 1.165) is 6.08 Å². The Kier molecular flexibility index (Phi) is 5.22. The van der Waals surface area contributed by atoms with Crippen molar-refractivity contribution in [2.45, 2.75) is 25.1 Å². The summed E-state index contributed by atoms with van der Waals surface area (Å²) in [6, 6.07) is 0. The minimum Gasteiger partial charge on any atom is -0.463 e. The van der Waals surface area contributed by atoms with E-state index in [1.807, 2.05) is 0 Å². The Balaban J connectivity index is 3.55. The standard InChI is InChI=1S/C8H11F3O3/c1-2-7(13)14-5-3-4-6(12)8(9,10)11/h2,6,12H,1,3-5H2. The smallest absolute Gasteiger partial charge is 0.414 e. The van der Waals surface area contributed by atoms with Crippen LogP contribution in [0, 0.1) is 0 Å². The van der Waals surface area contributed by atoms with Gasteiger partial charge in [0.25, 0.3) is 0 Å². The van der Waals surface area contributed by atoms with E-state index in [-0.39, 0.29) is 13.0 Å². The van der Waals surface area contributed by atoms with Crippen molar-refractivity contribution in [2.24, 2.45) is 0 Å². The summed E-state index contributed by atoms with van der Waals surface area (Å²) in [6.45, 7) is 2.96. The number of aliphatic hydroxyl groups excluding tert-OH is 1. The van der Waals surface area contributed by atoms with Gasteiger partial charge < -0.3 is 9.84 Å². The molecular weight excluding hydrogens is 201 g/mol. The summed E-state index contributed by atoms with van der Waals surface area (Å²) in [4.78, 5) is 10.4. The quantitative estimate of drug-likeness (QED) is 0.426. The number of hydrogen-bond acceptors (Lipinski definition) is 3. The van der Waals surface area contributed by atoms with Crippen LogP contribution in [0.15, 0.2) is 12.7 Å². The molecule has 1 unspecified atom stereocenters. The first-order valence-electron chi connectivity index (χ1n) is 3.92. The lowest BCUT2D eigenvalue weighted by molar-refractivity contribution is -0.206. The molecule has 0 aromatic rings. The highest BCUT2D eigenvalue weighted by atomic mass is 19.4. The average molecular weight is 212 g/mol. The van der Waals surface area contributed by atoms with Crippen LogP contribution in [-0.4, -0.2) is 30.0 Å². The number of carbonyl (C=O) groups excluding carboxylic acids is 1. The highest BCUT2D eigenvalue weighted by Gasteiger charge is 2.37. The monoisotopic (exact) mass is 212 g/mol. The molecule has 0 spiro atoms. The molecular formula is C8H11F3O3. The van der Waals surface area contributed by atoms with E-state index in [1.54, 1.807) is 0 Å². The molecule has 0 aliphatic rings. The van der Waals surface area contributed by atoms with Gasteiger partial charge in [-0.2, -0.15) is 13.2 Å². The third-order valence-electron chi connectivity index (χ3n) is 1.41. The second-order valence-corrected chi connectivity index (χ2v) is 2.57. The Morgan fingerprint density at radius 2 is 2.14 bits per heavy atom. The number of esters is 1. The maximum Gasteiger partial charge on any atom is 0.414 e. The minimum atomic E-state index is -4.61. The van der Waals surface area contributed by atoms with Crippen LogP contribution < -0.4 is 0 Å². The SMILES string of the molecule is C=CC(=O)OCCCC(O)C(F)(F)F. The predicted molar refractivity (Wildman–Crippen MR) is 42.5 cm³/mol. The number of carbonyl (C=O) groups is 1. The lowest BCUT2D eigenvalue weighted by atomic mass is 10.2. The molecule has 1 N–H and O–H groups in total. The fourth-order valence-corrected chi connectivity index (χ4v) is 0.672. The van der Waals surface area contributed by atoms with Crippen LogP contribution in [0.1, 0.15) is 12.8 Å². The van der Waals surface area contributed by atoms with Crippen molar-refractivity contribution in [2.75, 3.05) is 6.61 Å². The molecule has 0 bridgehead atoms. The lowest BCUT2D eigenvalue weighted by Crippen LogP contribution is -2.28. The first-order valence-corrected chi connectivity index (χ1v) is 3.92. The third-order valence-corrected chi connectivity index (χ3v) is 1.41. The van der Waals surface area contributed by atoms with Crippen LogP contribution in [0.5, 0.6) is 0 Å². The fraction of sp³-hybridized carbons (Fsp3) is 0.625. The van der Waals surface area contributed by atoms with E-state index in [9.17, 15) is 18.0 Å². The summed E-state index contributed by atoms with van der Waals surface area (Å²) in [5.74, 6) is -0.688. The first kappa shape index (κ1) is 13.0. The predicted octanol–water partition coefficient (Wildman–Crippen LogP) is 1.42. The van der Waals surface area contributed by atoms with E-state index in [1.165, 1.54) is 0 Å². The molecule has 0 radical (unpaired) electrons. The summed E-state index contributed by atoms with van der Waals surface area (Å²) >= 11 is 0. The van der Waals surface area contributed by atoms with Crippen LogP contribution in [0.2, 0.25) is 0 Å². The normalized spacial score (nSPS) is 13.4. The Morgan fingerprint density at radius 3 is 2.57 bits per heavy atom.